The first kappa shape index (κ1) is 15.0. The second-order valence-corrected chi connectivity index (χ2v) is 6.80. The highest BCUT2D eigenvalue weighted by molar-refractivity contribution is 7.18. The molecule has 118 valence electrons. The third-order valence-corrected chi connectivity index (χ3v) is 4.88. The molecule has 3 rings (SSSR count). The Kier molecular flexibility index (Phi) is 3.43. The maximum Gasteiger partial charge on any atom is 0.265 e. The maximum absolute atomic E-state index is 12.9. The van der Waals surface area contributed by atoms with Crippen LogP contribution in [0.15, 0.2) is 12.3 Å². The molecule has 1 aliphatic heterocycles. The van der Waals surface area contributed by atoms with Crippen molar-refractivity contribution in [2.75, 3.05) is 11.4 Å². The van der Waals surface area contributed by atoms with Gasteiger partial charge in [-0.2, -0.15) is 5.10 Å². The zero-order chi connectivity index (χ0) is 16.1. The number of carbonyl (C=O) groups is 1. The van der Waals surface area contributed by atoms with E-state index in [-0.39, 0.29) is 5.91 Å². The normalized spacial score (nSPS) is 16.8. The Labute approximate surface area is 130 Å². The molecule has 0 aliphatic carbocycles. The van der Waals surface area contributed by atoms with Crippen LogP contribution in [0.3, 0.4) is 0 Å². The number of carbonyl (C=O) groups excluding carboxylic acids is 1. The van der Waals surface area contributed by atoms with Crippen molar-refractivity contribution < 1.29 is 13.6 Å². The van der Waals surface area contributed by atoms with Gasteiger partial charge in [0.1, 0.15) is 10.5 Å². The number of H-pyrrole nitrogens is 1. The minimum atomic E-state index is -2.49. The molecule has 0 atom stereocenters. The first-order valence-corrected chi connectivity index (χ1v) is 7.63. The van der Waals surface area contributed by atoms with Gasteiger partial charge in [-0.25, -0.2) is 8.78 Å². The topological polar surface area (TPSA) is 61.0 Å². The molecule has 2 aromatic heterocycles. The summed E-state index contributed by atoms with van der Waals surface area (Å²) in [5.41, 5.74) is 1.44. The number of aryl methyl sites for hydroxylation is 1. The molecule has 0 aromatic carbocycles. The molecule has 8 heteroatoms. The third kappa shape index (κ3) is 2.37. The van der Waals surface area contributed by atoms with Gasteiger partial charge in [0, 0.05) is 16.1 Å². The number of alkyl halides is 2. The van der Waals surface area contributed by atoms with Crippen LogP contribution in [0.5, 0.6) is 0 Å². The number of amides is 1. The molecule has 1 aliphatic rings. The molecule has 2 aromatic rings. The van der Waals surface area contributed by atoms with Crippen molar-refractivity contribution in [2.45, 2.75) is 32.9 Å². The van der Waals surface area contributed by atoms with Crippen LogP contribution in [-0.4, -0.2) is 34.7 Å². The highest BCUT2D eigenvalue weighted by Crippen LogP contribution is 2.42. The predicted molar refractivity (Wildman–Crippen MR) is 81.5 cm³/mol. The first-order chi connectivity index (χ1) is 10.3. The molecule has 0 fully saturated rings. The number of anilines is 1. The Bertz CT molecular complexity index is 722. The molecule has 2 N–H and O–H groups in total. The van der Waals surface area contributed by atoms with E-state index in [1.807, 2.05) is 6.92 Å². The molecular weight excluding hydrogens is 310 g/mol. The zero-order valence-corrected chi connectivity index (χ0v) is 13.2. The van der Waals surface area contributed by atoms with Gasteiger partial charge in [0.25, 0.3) is 12.3 Å². The number of nitrogens with one attached hydrogen (secondary N) is 2. The smallest absolute Gasteiger partial charge is 0.265 e. The summed E-state index contributed by atoms with van der Waals surface area (Å²) < 4.78 is 25.9. The molecule has 0 bridgehead atoms. The van der Waals surface area contributed by atoms with Gasteiger partial charge in [0.2, 0.25) is 0 Å². The Hall–Kier alpha value is -1.96. The van der Waals surface area contributed by atoms with Gasteiger partial charge in [-0.05, 0) is 26.8 Å². The Morgan fingerprint density at radius 3 is 2.77 bits per heavy atom. The van der Waals surface area contributed by atoms with Crippen molar-refractivity contribution in [1.29, 1.82) is 0 Å². The van der Waals surface area contributed by atoms with Gasteiger partial charge >= 0.3 is 0 Å². The largest absolute Gasteiger partial charge is 0.342 e. The molecule has 0 saturated carbocycles. The number of hydrogen-bond donors (Lipinski definition) is 2. The van der Waals surface area contributed by atoms with Crippen molar-refractivity contribution >= 4 is 22.9 Å². The van der Waals surface area contributed by atoms with Gasteiger partial charge in [-0.3, -0.25) is 9.89 Å². The number of fused-ring (bicyclic) bond motifs is 1. The fraction of sp³-hybridized carbons (Fsp3) is 0.429. The third-order valence-electron chi connectivity index (χ3n) is 3.72. The SMILES string of the molecule is Cc1[nH]ncc1-c1cc2c(s1)C(=O)NC(C)(C)N2CC(F)F. The van der Waals surface area contributed by atoms with Gasteiger partial charge in [0.05, 0.1) is 18.4 Å². The van der Waals surface area contributed by atoms with Gasteiger partial charge in [-0.15, -0.1) is 11.3 Å². The van der Waals surface area contributed by atoms with Crippen LogP contribution in [-0.2, 0) is 0 Å². The Morgan fingerprint density at radius 2 is 2.18 bits per heavy atom. The van der Waals surface area contributed by atoms with E-state index >= 15 is 0 Å². The number of halogens is 2. The fourth-order valence-corrected chi connectivity index (χ4v) is 3.77. The predicted octanol–water partition coefficient (Wildman–Crippen LogP) is 3.00. The van der Waals surface area contributed by atoms with Gasteiger partial charge in [-0.1, -0.05) is 0 Å². The minimum absolute atomic E-state index is 0.233. The molecule has 0 radical (unpaired) electrons. The number of thiophene rings is 1. The first-order valence-electron chi connectivity index (χ1n) is 6.82. The minimum Gasteiger partial charge on any atom is -0.342 e. The molecule has 3 heterocycles. The monoisotopic (exact) mass is 326 g/mol. The summed E-state index contributed by atoms with van der Waals surface area (Å²) in [6.45, 7) is 4.89. The molecule has 0 spiro atoms. The molecule has 0 saturated heterocycles. The van der Waals surface area contributed by atoms with Gasteiger partial charge < -0.3 is 10.2 Å². The van der Waals surface area contributed by atoms with Crippen LogP contribution in [0.4, 0.5) is 14.5 Å². The van der Waals surface area contributed by atoms with E-state index in [9.17, 15) is 13.6 Å². The highest BCUT2D eigenvalue weighted by Gasteiger charge is 2.39. The lowest BCUT2D eigenvalue weighted by atomic mass is 10.1. The summed E-state index contributed by atoms with van der Waals surface area (Å²) in [7, 11) is 0. The van der Waals surface area contributed by atoms with E-state index in [1.165, 1.54) is 11.3 Å². The number of aromatic nitrogens is 2. The molecule has 1 amide bonds. The molecule has 0 unspecified atom stereocenters. The van der Waals surface area contributed by atoms with E-state index in [0.29, 0.717) is 10.6 Å². The van der Waals surface area contributed by atoms with Crippen molar-refractivity contribution in [3.63, 3.8) is 0 Å². The average Bonchev–Trinajstić information content (AvgIpc) is 2.99. The van der Waals surface area contributed by atoms with Crippen LogP contribution in [0.25, 0.3) is 10.4 Å². The zero-order valence-electron chi connectivity index (χ0n) is 12.4. The van der Waals surface area contributed by atoms with E-state index < -0.39 is 18.6 Å². The van der Waals surface area contributed by atoms with E-state index in [2.05, 4.69) is 15.5 Å². The van der Waals surface area contributed by atoms with Crippen molar-refractivity contribution in [2.24, 2.45) is 0 Å². The molecule has 5 nitrogen and oxygen atoms in total. The van der Waals surface area contributed by atoms with Crippen LogP contribution in [0.2, 0.25) is 0 Å². The van der Waals surface area contributed by atoms with E-state index in [4.69, 9.17) is 0 Å². The lowest BCUT2D eigenvalue weighted by molar-refractivity contribution is 0.0880. The second kappa shape index (κ2) is 5.05. The molecular formula is C14H16F2N4OS. The van der Waals surface area contributed by atoms with Crippen LogP contribution in [0.1, 0.15) is 29.2 Å². The summed E-state index contributed by atoms with van der Waals surface area (Å²) in [5.74, 6) is -0.233. The van der Waals surface area contributed by atoms with Crippen LogP contribution < -0.4 is 10.2 Å². The van der Waals surface area contributed by atoms with Gasteiger partial charge in [0.15, 0.2) is 0 Å². The summed E-state index contributed by atoms with van der Waals surface area (Å²) in [6, 6.07) is 1.79. The Morgan fingerprint density at radius 1 is 1.45 bits per heavy atom. The van der Waals surface area contributed by atoms with Crippen molar-refractivity contribution in [3.8, 4) is 10.4 Å². The highest BCUT2D eigenvalue weighted by atomic mass is 32.1. The van der Waals surface area contributed by atoms with E-state index in [1.54, 1.807) is 31.0 Å². The Balaban J connectivity index is 2.10. The maximum atomic E-state index is 12.9. The standard InChI is InChI=1S/C14H16F2N4OS/c1-7-8(5-17-19-7)10-4-9-12(22-10)13(21)18-14(2,3)20(9)6-11(15)16/h4-5,11H,6H2,1-3H3,(H,17,19)(H,18,21). The van der Waals surface area contributed by atoms with E-state index in [0.717, 1.165) is 16.1 Å². The lowest BCUT2D eigenvalue weighted by Gasteiger charge is -2.43. The van der Waals surface area contributed by atoms with Crippen molar-refractivity contribution in [3.05, 3.63) is 22.8 Å². The summed E-state index contributed by atoms with van der Waals surface area (Å²) in [6.07, 6.45) is -0.811. The number of rotatable bonds is 3. The average molecular weight is 326 g/mol. The second-order valence-electron chi connectivity index (χ2n) is 5.75. The summed E-state index contributed by atoms with van der Waals surface area (Å²) >= 11 is 1.29. The fourth-order valence-electron chi connectivity index (χ4n) is 2.64. The molecule has 22 heavy (non-hydrogen) atoms. The summed E-state index contributed by atoms with van der Waals surface area (Å²) in [4.78, 5) is 15.1. The summed E-state index contributed by atoms with van der Waals surface area (Å²) in [5, 5.41) is 9.59. The number of aromatic amines is 1. The number of hydrogen-bond acceptors (Lipinski definition) is 4. The van der Waals surface area contributed by atoms with Crippen LogP contribution >= 0.6 is 11.3 Å². The number of nitrogens with zero attached hydrogens (tertiary/aromatic N) is 2. The van der Waals surface area contributed by atoms with Crippen molar-refractivity contribution in [1.82, 2.24) is 15.5 Å². The lowest BCUT2D eigenvalue weighted by Crippen LogP contribution is -2.61. The van der Waals surface area contributed by atoms with Crippen LogP contribution in [0, 0.1) is 6.92 Å². The quantitative estimate of drug-likeness (QED) is 0.911.